The number of rotatable bonds is 11. The molecule has 4 N–H and O–H groups in total. The van der Waals surface area contributed by atoms with Gasteiger partial charge in [-0.3, -0.25) is 14.1 Å². The topological polar surface area (TPSA) is 147 Å². The quantitative estimate of drug-likeness (QED) is 0.190. The molecular formula is C26H26N4O6S3. The molecule has 13 heteroatoms. The number of hydrogen-bond donors (Lipinski definition) is 4. The molecule has 2 unspecified atom stereocenters. The van der Waals surface area contributed by atoms with Crippen molar-refractivity contribution < 1.29 is 27.3 Å². The number of thiophene rings is 1. The Morgan fingerprint density at radius 1 is 0.949 bits per heavy atom. The van der Waals surface area contributed by atoms with E-state index in [0.717, 1.165) is 21.0 Å². The van der Waals surface area contributed by atoms with Gasteiger partial charge in [0.2, 0.25) is 5.91 Å². The Hall–Kier alpha value is -3.78. The number of thiazole rings is 1. The van der Waals surface area contributed by atoms with Crippen molar-refractivity contribution in [1.82, 2.24) is 15.6 Å². The number of carbonyl (C=O) groups excluding carboxylic acids is 2. The van der Waals surface area contributed by atoms with Gasteiger partial charge < -0.3 is 15.4 Å². The Morgan fingerprint density at radius 2 is 1.67 bits per heavy atom. The van der Waals surface area contributed by atoms with Crippen LogP contribution in [0.5, 0.6) is 0 Å². The SMILES string of the molecule is COC(=O)NC(Cc1ccccc1)C(=O)NC(Cc1ccc(NS(=O)(=O)O)cc1)c1csc(-c2cccs2)n1. The summed E-state index contributed by atoms with van der Waals surface area (Å²) in [5.41, 5.74) is 2.49. The first kappa shape index (κ1) is 28.2. The Morgan fingerprint density at radius 3 is 2.31 bits per heavy atom. The second-order valence-corrected chi connectivity index (χ2v) is 11.4. The molecule has 0 radical (unpaired) electrons. The fourth-order valence-corrected chi connectivity index (χ4v) is 5.94. The standard InChI is InChI=1S/C26H26N4O6S3/c1-36-26(32)29-21(15-17-6-3-2-4-7-17)24(31)27-20(22-16-38-25(28-22)23-8-5-13-37-23)14-18-9-11-19(12-10-18)30-39(33,34)35/h2-13,16,20-21,30H,14-15H2,1H3,(H,27,31)(H,29,32)(H,33,34,35). The van der Waals surface area contributed by atoms with E-state index in [9.17, 15) is 18.0 Å². The molecule has 2 heterocycles. The lowest BCUT2D eigenvalue weighted by molar-refractivity contribution is -0.123. The summed E-state index contributed by atoms with van der Waals surface area (Å²) in [6.07, 6.45) is -0.137. The van der Waals surface area contributed by atoms with E-state index >= 15 is 0 Å². The number of aromatic nitrogens is 1. The maximum absolute atomic E-state index is 13.5. The van der Waals surface area contributed by atoms with Crippen LogP contribution in [0.25, 0.3) is 9.88 Å². The first-order valence-electron chi connectivity index (χ1n) is 11.7. The van der Waals surface area contributed by atoms with Crippen LogP contribution in [0.4, 0.5) is 10.5 Å². The Bertz CT molecular complexity index is 1490. The molecule has 0 aliphatic carbocycles. The van der Waals surface area contributed by atoms with Gasteiger partial charge in [-0.2, -0.15) is 8.42 Å². The van der Waals surface area contributed by atoms with Crippen molar-refractivity contribution in [3.8, 4) is 9.88 Å². The summed E-state index contributed by atoms with van der Waals surface area (Å²) in [7, 11) is -3.16. The second kappa shape index (κ2) is 12.8. The zero-order chi connectivity index (χ0) is 27.8. The van der Waals surface area contributed by atoms with Crippen LogP contribution in [0.15, 0.2) is 77.5 Å². The molecule has 2 atom stereocenters. The molecular weight excluding hydrogens is 561 g/mol. The summed E-state index contributed by atoms with van der Waals surface area (Å²) < 4.78 is 38.0. The van der Waals surface area contributed by atoms with Crippen LogP contribution in [0.3, 0.4) is 0 Å². The number of nitrogens with zero attached hydrogens (tertiary/aromatic N) is 1. The maximum Gasteiger partial charge on any atom is 0.407 e. The highest BCUT2D eigenvalue weighted by Gasteiger charge is 2.26. The van der Waals surface area contributed by atoms with E-state index in [4.69, 9.17) is 14.3 Å². The van der Waals surface area contributed by atoms with Crippen LogP contribution in [0, 0.1) is 0 Å². The van der Waals surface area contributed by atoms with Crippen LogP contribution in [0.2, 0.25) is 0 Å². The third-order valence-electron chi connectivity index (χ3n) is 5.64. The number of carbonyl (C=O) groups is 2. The predicted molar refractivity (Wildman–Crippen MR) is 151 cm³/mol. The van der Waals surface area contributed by atoms with Crippen LogP contribution < -0.4 is 15.4 Å². The van der Waals surface area contributed by atoms with Crippen LogP contribution in [-0.4, -0.2) is 43.1 Å². The first-order chi connectivity index (χ1) is 18.7. The molecule has 0 saturated heterocycles. The lowest BCUT2D eigenvalue weighted by atomic mass is 10.0. The molecule has 2 amide bonds. The summed E-state index contributed by atoms with van der Waals surface area (Å²) in [5.74, 6) is -0.412. The van der Waals surface area contributed by atoms with Crippen molar-refractivity contribution >= 4 is 50.7 Å². The van der Waals surface area contributed by atoms with Gasteiger partial charge in [-0.15, -0.1) is 22.7 Å². The van der Waals surface area contributed by atoms with Gasteiger partial charge in [-0.1, -0.05) is 48.5 Å². The lowest BCUT2D eigenvalue weighted by Gasteiger charge is -2.23. The zero-order valence-electron chi connectivity index (χ0n) is 20.7. The highest BCUT2D eigenvalue weighted by molar-refractivity contribution is 7.87. The third-order valence-corrected chi connectivity index (χ3v) is 8.04. The molecule has 0 bridgehead atoms. The normalized spacial score (nSPS) is 12.8. The Labute approximate surface area is 234 Å². The van der Waals surface area contributed by atoms with Crippen LogP contribution in [0.1, 0.15) is 22.9 Å². The first-order valence-corrected chi connectivity index (χ1v) is 14.9. The smallest absolute Gasteiger partial charge is 0.407 e. The molecule has 0 spiro atoms. The maximum atomic E-state index is 13.5. The van der Waals surface area contributed by atoms with Crippen molar-refractivity contribution in [1.29, 1.82) is 0 Å². The molecule has 204 valence electrons. The van der Waals surface area contributed by atoms with E-state index in [1.54, 1.807) is 23.5 Å². The van der Waals surface area contributed by atoms with E-state index < -0.39 is 34.4 Å². The largest absolute Gasteiger partial charge is 0.453 e. The summed E-state index contributed by atoms with van der Waals surface area (Å²) in [4.78, 5) is 31.3. The fraction of sp³-hybridized carbons (Fsp3) is 0.192. The number of anilines is 1. The minimum absolute atomic E-state index is 0.195. The van der Waals surface area contributed by atoms with Gasteiger partial charge in [0.15, 0.2) is 0 Å². The van der Waals surface area contributed by atoms with E-state index in [2.05, 4.69) is 10.6 Å². The van der Waals surface area contributed by atoms with Gasteiger partial charge in [0.1, 0.15) is 11.0 Å². The Balaban J connectivity index is 1.59. The van der Waals surface area contributed by atoms with Gasteiger partial charge in [-0.25, -0.2) is 9.78 Å². The van der Waals surface area contributed by atoms with Gasteiger partial charge >= 0.3 is 16.4 Å². The van der Waals surface area contributed by atoms with Crippen molar-refractivity contribution in [3.63, 3.8) is 0 Å². The summed E-state index contributed by atoms with van der Waals surface area (Å²) >= 11 is 3.02. The number of benzene rings is 2. The van der Waals surface area contributed by atoms with E-state index in [1.165, 1.54) is 30.6 Å². The van der Waals surface area contributed by atoms with Crippen LogP contribution >= 0.6 is 22.7 Å². The van der Waals surface area contributed by atoms with E-state index in [1.807, 2.05) is 57.9 Å². The van der Waals surface area contributed by atoms with Crippen molar-refractivity contribution in [3.05, 3.63) is 94.3 Å². The summed E-state index contributed by atoms with van der Waals surface area (Å²) in [6, 6.07) is 18.2. The number of ether oxygens (including phenoxy) is 1. The summed E-state index contributed by atoms with van der Waals surface area (Å²) in [5, 5.41) is 10.3. The minimum atomic E-state index is -4.40. The lowest BCUT2D eigenvalue weighted by Crippen LogP contribution is -2.49. The fourth-order valence-electron chi connectivity index (χ4n) is 3.82. The molecule has 4 aromatic rings. The van der Waals surface area contributed by atoms with Gasteiger partial charge in [-0.05, 0) is 41.1 Å². The summed E-state index contributed by atoms with van der Waals surface area (Å²) in [6.45, 7) is 0. The molecule has 0 fully saturated rings. The Kier molecular flexibility index (Phi) is 9.30. The molecule has 2 aromatic heterocycles. The third kappa shape index (κ3) is 8.35. The molecule has 4 rings (SSSR count). The van der Waals surface area contributed by atoms with Crippen molar-refractivity contribution in [2.75, 3.05) is 11.8 Å². The highest BCUT2D eigenvalue weighted by Crippen LogP contribution is 2.31. The van der Waals surface area contributed by atoms with E-state index in [-0.39, 0.29) is 12.1 Å². The highest BCUT2D eigenvalue weighted by atomic mass is 32.2. The predicted octanol–water partition coefficient (Wildman–Crippen LogP) is 4.45. The number of nitrogens with one attached hydrogen (secondary N) is 3. The van der Waals surface area contributed by atoms with E-state index in [0.29, 0.717) is 12.1 Å². The number of methoxy groups -OCH3 is 1. The molecule has 2 aromatic carbocycles. The monoisotopic (exact) mass is 586 g/mol. The molecule has 10 nitrogen and oxygen atoms in total. The number of alkyl carbamates (subject to hydrolysis) is 1. The average Bonchev–Trinajstić information content (AvgIpc) is 3.61. The molecule has 0 aliphatic rings. The zero-order valence-corrected chi connectivity index (χ0v) is 23.2. The average molecular weight is 587 g/mol. The molecule has 39 heavy (non-hydrogen) atoms. The minimum Gasteiger partial charge on any atom is -0.453 e. The van der Waals surface area contributed by atoms with Crippen molar-refractivity contribution in [2.24, 2.45) is 0 Å². The van der Waals surface area contributed by atoms with Gasteiger partial charge in [0, 0.05) is 11.8 Å². The molecule has 0 aliphatic heterocycles. The second-order valence-electron chi connectivity index (χ2n) is 8.47. The number of amides is 2. The van der Waals surface area contributed by atoms with Crippen molar-refractivity contribution in [2.45, 2.75) is 24.9 Å². The van der Waals surface area contributed by atoms with Gasteiger partial charge in [0.05, 0.1) is 29.4 Å². The number of hydrogen-bond acceptors (Lipinski definition) is 8. The van der Waals surface area contributed by atoms with Crippen LogP contribution in [-0.2, 0) is 32.7 Å². The van der Waals surface area contributed by atoms with Gasteiger partial charge in [0.25, 0.3) is 0 Å². The molecule has 0 saturated carbocycles.